The lowest BCUT2D eigenvalue weighted by Crippen LogP contribution is -2.52. The van der Waals surface area contributed by atoms with E-state index >= 15 is 0 Å². The third-order valence-corrected chi connectivity index (χ3v) is 5.09. The quantitative estimate of drug-likeness (QED) is 0.371. The van der Waals surface area contributed by atoms with Crippen molar-refractivity contribution in [3.63, 3.8) is 0 Å². The Hall–Kier alpha value is -1.95. The van der Waals surface area contributed by atoms with Gasteiger partial charge in [0.1, 0.15) is 5.82 Å². The van der Waals surface area contributed by atoms with Gasteiger partial charge in [-0.3, -0.25) is 9.89 Å². The summed E-state index contributed by atoms with van der Waals surface area (Å²) in [7, 11) is 5.22. The minimum atomic E-state index is -0.317. The van der Waals surface area contributed by atoms with Crippen molar-refractivity contribution < 1.29 is 9.13 Å². The fourth-order valence-electron chi connectivity index (χ4n) is 3.28. The number of aliphatic imine (C=N–C) groups is 1. The molecule has 0 saturated carbocycles. The van der Waals surface area contributed by atoms with Gasteiger partial charge in [-0.1, -0.05) is 6.07 Å². The molecule has 0 atom stereocenters. The number of benzene rings is 1. The van der Waals surface area contributed by atoms with E-state index in [1.54, 1.807) is 19.2 Å². The van der Waals surface area contributed by atoms with Crippen molar-refractivity contribution in [1.29, 1.82) is 0 Å². The molecule has 1 aliphatic rings. The van der Waals surface area contributed by atoms with E-state index in [1.807, 2.05) is 24.6 Å². The maximum absolute atomic E-state index is 13.9. The lowest BCUT2D eigenvalue weighted by atomic mass is 10.2. The molecule has 0 radical (unpaired) electrons. The van der Waals surface area contributed by atoms with E-state index in [9.17, 15) is 4.39 Å². The highest BCUT2D eigenvalue weighted by Gasteiger charge is 2.20. The smallest absolute Gasteiger partial charge is 0.194 e. The first kappa shape index (κ1) is 23.3. The normalized spacial score (nSPS) is 15.2. The van der Waals surface area contributed by atoms with Gasteiger partial charge in [-0.05, 0) is 24.6 Å². The molecule has 0 aliphatic carbocycles. The van der Waals surface area contributed by atoms with E-state index in [4.69, 9.17) is 4.74 Å². The number of methoxy groups -OCH3 is 1. The first-order chi connectivity index (χ1) is 13.5. The number of rotatable bonds is 5. The van der Waals surface area contributed by atoms with Crippen molar-refractivity contribution in [3.05, 3.63) is 41.2 Å². The molecule has 29 heavy (non-hydrogen) atoms. The fourth-order valence-corrected chi connectivity index (χ4v) is 3.28. The van der Waals surface area contributed by atoms with E-state index < -0.39 is 0 Å². The number of ether oxygens (including phenoxy) is 1. The van der Waals surface area contributed by atoms with Gasteiger partial charge < -0.3 is 19.5 Å². The van der Waals surface area contributed by atoms with Gasteiger partial charge in [0.2, 0.25) is 0 Å². The van der Waals surface area contributed by atoms with Crippen LogP contribution in [0.1, 0.15) is 17.2 Å². The maximum atomic E-state index is 13.9. The minimum absolute atomic E-state index is 0. The average molecular weight is 517 g/mol. The zero-order valence-electron chi connectivity index (χ0n) is 17.4. The Labute approximate surface area is 188 Å². The summed E-state index contributed by atoms with van der Waals surface area (Å²) in [5.41, 5.74) is 0.951. The number of nitrogens with one attached hydrogen (secondary N) is 1. The van der Waals surface area contributed by atoms with Crippen LogP contribution in [0.2, 0.25) is 0 Å². The highest BCUT2D eigenvalue weighted by Crippen LogP contribution is 2.19. The van der Waals surface area contributed by atoms with Crippen LogP contribution in [0, 0.1) is 12.7 Å². The molecule has 1 N–H and O–H groups in total. The van der Waals surface area contributed by atoms with Crippen LogP contribution in [0.3, 0.4) is 0 Å². The Morgan fingerprint density at radius 3 is 2.52 bits per heavy atom. The number of piperazine rings is 1. The number of guanidine groups is 1. The van der Waals surface area contributed by atoms with Crippen molar-refractivity contribution in [2.45, 2.75) is 20.0 Å². The Morgan fingerprint density at radius 1 is 1.24 bits per heavy atom. The van der Waals surface area contributed by atoms with Crippen LogP contribution in [0.5, 0.6) is 5.75 Å². The van der Waals surface area contributed by atoms with Crippen LogP contribution >= 0.6 is 24.0 Å². The van der Waals surface area contributed by atoms with Crippen molar-refractivity contribution in [3.8, 4) is 5.75 Å². The number of nitrogens with zero attached hydrogens (tertiary/aromatic N) is 6. The molecule has 1 aromatic heterocycles. The van der Waals surface area contributed by atoms with Crippen LogP contribution in [0.25, 0.3) is 0 Å². The van der Waals surface area contributed by atoms with E-state index in [0.717, 1.165) is 55.9 Å². The molecule has 160 valence electrons. The lowest BCUT2D eigenvalue weighted by molar-refractivity contribution is 0.172. The van der Waals surface area contributed by atoms with Gasteiger partial charge in [0.25, 0.3) is 0 Å². The van der Waals surface area contributed by atoms with E-state index in [1.165, 1.54) is 7.11 Å². The molecule has 2 aromatic rings. The van der Waals surface area contributed by atoms with E-state index in [0.29, 0.717) is 6.54 Å². The van der Waals surface area contributed by atoms with Crippen molar-refractivity contribution in [2.24, 2.45) is 12.0 Å². The number of hydrogen-bond donors (Lipinski definition) is 1. The number of hydrogen-bond acceptors (Lipinski definition) is 5. The topological polar surface area (TPSA) is 70.8 Å². The predicted molar refractivity (Wildman–Crippen MR) is 121 cm³/mol. The average Bonchev–Trinajstić information content (AvgIpc) is 3.02. The molecule has 0 unspecified atom stereocenters. The van der Waals surface area contributed by atoms with Crippen LogP contribution in [-0.2, 0) is 20.1 Å². The fraction of sp³-hybridized carbons (Fsp3) is 0.526. The second-order valence-corrected chi connectivity index (χ2v) is 6.86. The first-order valence-corrected chi connectivity index (χ1v) is 9.37. The van der Waals surface area contributed by atoms with Crippen LogP contribution in [0.15, 0.2) is 23.2 Å². The van der Waals surface area contributed by atoms with E-state index in [-0.39, 0.29) is 35.5 Å². The Bertz CT molecular complexity index is 834. The molecule has 1 aromatic carbocycles. The van der Waals surface area contributed by atoms with Gasteiger partial charge in [0.05, 0.1) is 13.7 Å². The molecular formula is C19H29FIN7O. The zero-order chi connectivity index (χ0) is 20.1. The minimum Gasteiger partial charge on any atom is -0.494 e. The molecular weight excluding hydrogens is 488 g/mol. The Balaban J connectivity index is 0.00000300. The van der Waals surface area contributed by atoms with E-state index in [2.05, 4.69) is 30.3 Å². The maximum Gasteiger partial charge on any atom is 0.194 e. The Kier molecular flexibility index (Phi) is 8.62. The van der Waals surface area contributed by atoms with Gasteiger partial charge in [-0.15, -0.1) is 34.2 Å². The van der Waals surface area contributed by atoms with Crippen LogP contribution in [-0.4, -0.2) is 70.9 Å². The third kappa shape index (κ3) is 5.78. The second kappa shape index (κ2) is 10.7. The molecule has 3 rings (SSSR count). The van der Waals surface area contributed by atoms with Crippen molar-refractivity contribution >= 4 is 29.9 Å². The third-order valence-electron chi connectivity index (χ3n) is 5.09. The highest BCUT2D eigenvalue weighted by atomic mass is 127. The highest BCUT2D eigenvalue weighted by molar-refractivity contribution is 14.0. The summed E-state index contributed by atoms with van der Waals surface area (Å²) < 4.78 is 20.8. The van der Waals surface area contributed by atoms with Crippen LogP contribution < -0.4 is 10.1 Å². The van der Waals surface area contributed by atoms with Gasteiger partial charge in [-0.2, -0.15) is 0 Å². The molecule has 1 aliphatic heterocycles. The second-order valence-electron chi connectivity index (χ2n) is 6.86. The Morgan fingerprint density at radius 2 is 1.97 bits per heavy atom. The SMILES string of the molecule is CN=C(NCc1nnc(C)n1C)N1CCN(Cc2ccc(OC)c(F)c2)CC1.I. The van der Waals surface area contributed by atoms with Gasteiger partial charge in [0, 0.05) is 46.8 Å². The molecule has 10 heteroatoms. The molecule has 2 heterocycles. The molecule has 1 fully saturated rings. The monoisotopic (exact) mass is 517 g/mol. The predicted octanol–water partition coefficient (Wildman–Crippen LogP) is 1.78. The molecule has 0 amide bonds. The summed E-state index contributed by atoms with van der Waals surface area (Å²) in [4.78, 5) is 8.94. The summed E-state index contributed by atoms with van der Waals surface area (Å²) in [6.07, 6.45) is 0. The number of aromatic nitrogens is 3. The van der Waals surface area contributed by atoms with Crippen molar-refractivity contribution in [1.82, 2.24) is 29.9 Å². The standard InChI is InChI=1S/C19H28FN7O.HI/c1-14-23-24-18(25(14)3)12-22-19(21-2)27-9-7-26(8-10-27)13-15-5-6-17(28-4)16(20)11-15;/h5-6,11H,7-10,12-13H2,1-4H3,(H,21,22);1H. The number of halogens is 2. The molecule has 0 spiro atoms. The summed E-state index contributed by atoms with van der Waals surface area (Å²) in [6.45, 7) is 6.72. The van der Waals surface area contributed by atoms with Gasteiger partial charge in [0.15, 0.2) is 23.4 Å². The zero-order valence-corrected chi connectivity index (χ0v) is 19.7. The number of aryl methyl sites for hydroxylation is 1. The van der Waals surface area contributed by atoms with Crippen molar-refractivity contribution in [2.75, 3.05) is 40.3 Å². The summed E-state index contributed by atoms with van der Waals surface area (Å²) in [5.74, 6) is 2.58. The summed E-state index contributed by atoms with van der Waals surface area (Å²) in [5, 5.41) is 11.6. The van der Waals surface area contributed by atoms with Gasteiger partial charge >= 0.3 is 0 Å². The molecule has 8 nitrogen and oxygen atoms in total. The molecule has 0 bridgehead atoms. The largest absolute Gasteiger partial charge is 0.494 e. The summed E-state index contributed by atoms with van der Waals surface area (Å²) >= 11 is 0. The summed E-state index contributed by atoms with van der Waals surface area (Å²) in [6, 6.07) is 5.15. The van der Waals surface area contributed by atoms with Gasteiger partial charge in [-0.25, -0.2) is 4.39 Å². The van der Waals surface area contributed by atoms with Crippen LogP contribution in [0.4, 0.5) is 4.39 Å². The lowest BCUT2D eigenvalue weighted by Gasteiger charge is -2.36. The first-order valence-electron chi connectivity index (χ1n) is 9.37. The molecule has 1 saturated heterocycles.